The van der Waals surface area contributed by atoms with E-state index in [9.17, 15) is 0 Å². The molecule has 0 atom stereocenters. The molecule has 0 unspecified atom stereocenters. The van der Waals surface area contributed by atoms with Crippen LogP contribution in [-0.4, -0.2) is 25.1 Å². The van der Waals surface area contributed by atoms with Crippen molar-refractivity contribution in [2.45, 2.75) is 52.7 Å². The van der Waals surface area contributed by atoms with Crippen molar-refractivity contribution in [2.75, 3.05) is 0 Å². The molecule has 2 rings (SSSR count). The first-order valence-corrected chi connectivity index (χ1v) is 7.15. The number of nitrogens with one attached hydrogen (secondary N) is 1. The van der Waals surface area contributed by atoms with Gasteiger partial charge in [-0.1, -0.05) is 6.92 Å². The van der Waals surface area contributed by atoms with E-state index in [0.717, 1.165) is 25.2 Å². The largest absolute Gasteiger partial charge is 0.308 e. The van der Waals surface area contributed by atoms with Crippen LogP contribution in [0.5, 0.6) is 0 Å². The lowest BCUT2D eigenvalue weighted by molar-refractivity contribution is 0.424. The van der Waals surface area contributed by atoms with Gasteiger partial charge in [0.05, 0.1) is 24.1 Å². The topological polar surface area (TPSA) is 47.7 Å². The van der Waals surface area contributed by atoms with Crippen LogP contribution in [0.3, 0.4) is 0 Å². The van der Waals surface area contributed by atoms with E-state index in [1.165, 1.54) is 11.3 Å². The molecule has 110 valence electrons. The Bertz CT molecular complexity index is 559. The van der Waals surface area contributed by atoms with Gasteiger partial charge in [-0.05, 0) is 33.3 Å². The molecule has 2 aromatic heterocycles. The molecule has 0 saturated heterocycles. The maximum absolute atomic E-state index is 4.46. The molecule has 0 aliphatic heterocycles. The Labute approximate surface area is 121 Å². The lowest BCUT2D eigenvalue weighted by Gasteiger charge is -2.19. The molecule has 2 aromatic rings. The van der Waals surface area contributed by atoms with Gasteiger partial charge in [0, 0.05) is 30.9 Å². The highest BCUT2D eigenvalue weighted by Gasteiger charge is 2.10. The number of aromatic nitrogens is 4. The van der Waals surface area contributed by atoms with Gasteiger partial charge in [-0.3, -0.25) is 9.36 Å². The van der Waals surface area contributed by atoms with Crippen molar-refractivity contribution in [3.8, 4) is 0 Å². The third-order valence-corrected chi connectivity index (χ3v) is 3.22. The fourth-order valence-corrected chi connectivity index (χ4v) is 2.01. The van der Waals surface area contributed by atoms with Crippen LogP contribution in [0.15, 0.2) is 18.5 Å². The van der Waals surface area contributed by atoms with Crippen LogP contribution >= 0.6 is 0 Å². The van der Waals surface area contributed by atoms with Crippen LogP contribution in [-0.2, 0) is 26.6 Å². The SMILES string of the molecule is CCc1cc(Cn2cc(CNC(C)(C)C)cn2)n(C)n1. The number of rotatable bonds is 5. The van der Waals surface area contributed by atoms with E-state index in [0.29, 0.717) is 0 Å². The highest BCUT2D eigenvalue weighted by Crippen LogP contribution is 2.08. The van der Waals surface area contributed by atoms with Crippen LogP contribution in [0.1, 0.15) is 44.6 Å². The van der Waals surface area contributed by atoms with Gasteiger partial charge in [-0.2, -0.15) is 10.2 Å². The maximum atomic E-state index is 4.46. The zero-order valence-corrected chi connectivity index (χ0v) is 13.1. The molecule has 0 aromatic carbocycles. The van der Waals surface area contributed by atoms with Crippen molar-refractivity contribution in [3.05, 3.63) is 35.4 Å². The van der Waals surface area contributed by atoms with Crippen molar-refractivity contribution in [1.29, 1.82) is 0 Å². The quantitative estimate of drug-likeness (QED) is 0.909. The van der Waals surface area contributed by atoms with Gasteiger partial charge in [0.2, 0.25) is 0 Å². The molecule has 0 fully saturated rings. The first kappa shape index (κ1) is 14.8. The molecule has 0 aliphatic carbocycles. The lowest BCUT2D eigenvalue weighted by atomic mass is 10.1. The van der Waals surface area contributed by atoms with E-state index in [4.69, 9.17) is 0 Å². The Hall–Kier alpha value is -1.62. The number of hydrogen-bond acceptors (Lipinski definition) is 3. The lowest BCUT2D eigenvalue weighted by Crippen LogP contribution is -2.34. The van der Waals surface area contributed by atoms with Crippen LogP contribution < -0.4 is 5.32 Å². The van der Waals surface area contributed by atoms with Crippen LogP contribution in [0.2, 0.25) is 0 Å². The summed E-state index contributed by atoms with van der Waals surface area (Å²) < 4.78 is 3.91. The van der Waals surface area contributed by atoms with Crippen molar-refractivity contribution in [3.63, 3.8) is 0 Å². The van der Waals surface area contributed by atoms with E-state index in [1.54, 1.807) is 0 Å². The Balaban J connectivity index is 2.00. The summed E-state index contributed by atoms with van der Waals surface area (Å²) in [6.07, 6.45) is 4.99. The average molecular weight is 275 g/mol. The van der Waals surface area contributed by atoms with Crippen molar-refractivity contribution >= 4 is 0 Å². The van der Waals surface area contributed by atoms with Gasteiger partial charge < -0.3 is 5.32 Å². The van der Waals surface area contributed by atoms with E-state index in [-0.39, 0.29) is 5.54 Å². The minimum absolute atomic E-state index is 0.125. The highest BCUT2D eigenvalue weighted by molar-refractivity contribution is 5.12. The summed E-state index contributed by atoms with van der Waals surface area (Å²) in [6.45, 7) is 10.2. The summed E-state index contributed by atoms with van der Waals surface area (Å²) in [5.74, 6) is 0. The third kappa shape index (κ3) is 3.93. The minimum atomic E-state index is 0.125. The van der Waals surface area contributed by atoms with Crippen molar-refractivity contribution in [1.82, 2.24) is 24.9 Å². The Kier molecular flexibility index (Phi) is 4.28. The third-order valence-electron chi connectivity index (χ3n) is 3.22. The summed E-state index contributed by atoms with van der Waals surface area (Å²) in [7, 11) is 1.99. The zero-order valence-electron chi connectivity index (χ0n) is 13.1. The standard InChI is InChI=1S/C15H25N5/c1-6-13-7-14(19(5)18-13)11-20-10-12(9-17-20)8-16-15(2,3)4/h7,9-10,16H,6,8,11H2,1-5H3. The van der Waals surface area contributed by atoms with E-state index >= 15 is 0 Å². The minimum Gasteiger partial charge on any atom is -0.308 e. The average Bonchev–Trinajstić information content (AvgIpc) is 2.94. The molecule has 0 saturated carbocycles. The molecule has 5 nitrogen and oxygen atoms in total. The van der Waals surface area contributed by atoms with Crippen molar-refractivity contribution < 1.29 is 0 Å². The second-order valence-corrected chi connectivity index (χ2v) is 6.25. The summed E-state index contributed by atoms with van der Waals surface area (Å²) in [5.41, 5.74) is 3.64. The van der Waals surface area contributed by atoms with Crippen LogP contribution in [0.4, 0.5) is 0 Å². The van der Waals surface area contributed by atoms with Gasteiger partial charge in [0.25, 0.3) is 0 Å². The van der Waals surface area contributed by atoms with Gasteiger partial charge in [0.15, 0.2) is 0 Å². The maximum Gasteiger partial charge on any atom is 0.0828 e. The van der Waals surface area contributed by atoms with E-state index in [1.807, 2.05) is 22.6 Å². The smallest absolute Gasteiger partial charge is 0.0828 e. The normalized spacial score (nSPS) is 12.1. The van der Waals surface area contributed by atoms with E-state index < -0.39 is 0 Å². The number of aryl methyl sites for hydroxylation is 2. The van der Waals surface area contributed by atoms with Gasteiger partial charge in [-0.25, -0.2) is 0 Å². The van der Waals surface area contributed by atoms with E-state index in [2.05, 4.69) is 55.5 Å². The predicted molar refractivity (Wildman–Crippen MR) is 80.5 cm³/mol. The van der Waals surface area contributed by atoms with Gasteiger partial charge in [0.1, 0.15) is 0 Å². The summed E-state index contributed by atoms with van der Waals surface area (Å²) in [4.78, 5) is 0. The number of hydrogen-bond donors (Lipinski definition) is 1. The van der Waals surface area contributed by atoms with Crippen molar-refractivity contribution in [2.24, 2.45) is 7.05 Å². The summed E-state index contributed by atoms with van der Waals surface area (Å²) in [5, 5.41) is 12.4. The molecule has 1 N–H and O–H groups in total. The Morgan fingerprint density at radius 1 is 1.30 bits per heavy atom. The van der Waals surface area contributed by atoms with Crippen LogP contribution in [0.25, 0.3) is 0 Å². The molecule has 0 radical (unpaired) electrons. The summed E-state index contributed by atoms with van der Waals surface area (Å²) in [6, 6.07) is 2.15. The molecule has 0 aliphatic rings. The predicted octanol–water partition coefficient (Wildman–Crippen LogP) is 2.12. The molecular formula is C15H25N5. The molecule has 2 heterocycles. The highest BCUT2D eigenvalue weighted by atomic mass is 15.3. The molecule has 5 heteroatoms. The molecule has 0 bridgehead atoms. The van der Waals surface area contributed by atoms with Gasteiger partial charge in [-0.15, -0.1) is 0 Å². The fourth-order valence-electron chi connectivity index (χ4n) is 2.01. The number of nitrogens with zero attached hydrogens (tertiary/aromatic N) is 4. The monoisotopic (exact) mass is 275 g/mol. The molecular weight excluding hydrogens is 250 g/mol. The first-order valence-electron chi connectivity index (χ1n) is 7.15. The second kappa shape index (κ2) is 5.79. The van der Waals surface area contributed by atoms with Gasteiger partial charge >= 0.3 is 0 Å². The Morgan fingerprint density at radius 3 is 2.65 bits per heavy atom. The van der Waals surface area contributed by atoms with Crippen LogP contribution in [0, 0.1) is 0 Å². The molecule has 0 spiro atoms. The molecule has 20 heavy (non-hydrogen) atoms. The fraction of sp³-hybridized carbons (Fsp3) is 0.600. The Morgan fingerprint density at radius 2 is 2.05 bits per heavy atom. The summed E-state index contributed by atoms with van der Waals surface area (Å²) >= 11 is 0. The molecule has 0 amide bonds. The first-order chi connectivity index (χ1) is 9.37. The zero-order chi connectivity index (χ0) is 14.8. The second-order valence-electron chi connectivity index (χ2n) is 6.25.